The van der Waals surface area contributed by atoms with E-state index in [0.717, 1.165) is 5.56 Å². The Morgan fingerprint density at radius 1 is 1.00 bits per heavy atom. The van der Waals surface area contributed by atoms with E-state index in [2.05, 4.69) is 15.9 Å². The van der Waals surface area contributed by atoms with E-state index in [1.807, 2.05) is 19.1 Å². The van der Waals surface area contributed by atoms with Gasteiger partial charge < -0.3 is 14.2 Å². The number of benzene rings is 2. The molecule has 0 N–H and O–H groups in total. The first-order valence-electron chi connectivity index (χ1n) is 6.25. The van der Waals surface area contributed by atoms with Crippen molar-refractivity contribution in [3.63, 3.8) is 0 Å². The Morgan fingerprint density at radius 2 is 1.52 bits per heavy atom. The molecule has 0 fully saturated rings. The lowest BCUT2D eigenvalue weighted by molar-refractivity contribution is 0.0734. The lowest BCUT2D eigenvalue weighted by atomic mass is 10.2. The third-order valence-electron chi connectivity index (χ3n) is 2.91. The minimum absolute atomic E-state index is 0.354. The van der Waals surface area contributed by atoms with E-state index in [-0.39, 0.29) is 0 Å². The van der Waals surface area contributed by atoms with E-state index in [1.54, 1.807) is 24.3 Å². The molecule has 0 aliphatic carbocycles. The van der Waals surface area contributed by atoms with E-state index in [1.165, 1.54) is 14.2 Å². The molecule has 0 radical (unpaired) electrons. The van der Waals surface area contributed by atoms with Gasteiger partial charge in [0.1, 0.15) is 21.7 Å². The normalized spacial score (nSPS) is 10.1. The topological polar surface area (TPSA) is 44.8 Å². The Kier molecular flexibility index (Phi) is 4.85. The van der Waals surface area contributed by atoms with Gasteiger partial charge in [-0.25, -0.2) is 4.79 Å². The van der Waals surface area contributed by atoms with Crippen LogP contribution in [0.15, 0.2) is 40.9 Å². The van der Waals surface area contributed by atoms with Crippen molar-refractivity contribution in [1.29, 1.82) is 0 Å². The van der Waals surface area contributed by atoms with E-state index >= 15 is 0 Å². The minimum Gasteiger partial charge on any atom is -0.495 e. The number of methoxy groups -OCH3 is 2. The van der Waals surface area contributed by atoms with Gasteiger partial charge in [-0.05, 0) is 47.1 Å². The monoisotopic (exact) mass is 350 g/mol. The molecular formula is C16H15BrO4. The molecular weight excluding hydrogens is 336 g/mol. The summed E-state index contributed by atoms with van der Waals surface area (Å²) in [6, 6.07) is 10.5. The molecule has 0 aliphatic rings. The number of halogens is 1. The SMILES string of the molecule is COc1cc(C(=O)Oc2ccc(C)cc2)cc(OC)c1Br. The third-order valence-corrected chi connectivity index (χ3v) is 3.69. The molecule has 0 amide bonds. The van der Waals surface area contributed by atoms with Crippen LogP contribution in [0.4, 0.5) is 0 Å². The number of carbonyl (C=O) groups is 1. The molecule has 5 heteroatoms. The number of rotatable bonds is 4. The van der Waals surface area contributed by atoms with Gasteiger partial charge in [0.2, 0.25) is 0 Å². The molecule has 2 aromatic rings. The summed E-state index contributed by atoms with van der Waals surface area (Å²) in [4.78, 5) is 12.2. The fourth-order valence-corrected chi connectivity index (χ4v) is 2.31. The van der Waals surface area contributed by atoms with Gasteiger partial charge in [0.15, 0.2) is 0 Å². The molecule has 0 heterocycles. The maximum atomic E-state index is 12.2. The Morgan fingerprint density at radius 3 is 2.00 bits per heavy atom. The highest BCUT2D eigenvalue weighted by atomic mass is 79.9. The summed E-state index contributed by atoms with van der Waals surface area (Å²) in [5.41, 5.74) is 1.45. The number of ether oxygens (including phenoxy) is 3. The summed E-state index contributed by atoms with van der Waals surface area (Å²) in [6.07, 6.45) is 0. The second-order valence-corrected chi connectivity index (χ2v) is 5.19. The molecule has 0 atom stereocenters. The van der Waals surface area contributed by atoms with Crippen LogP contribution in [0.5, 0.6) is 17.2 Å². The summed E-state index contributed by atoms with van der Waals surface area (Å²) in [5.74, 6) is 1.03. The number of hydrogen-bond acceptors (Lipinski definition) is 4. The average Bonchev–Trinajstić information content (AvgIpc) is 2.49. The van der Waals surface area contributed by atoms with Crippen molar-refractivity contribution >= 4 is 21.9 Å². The maximum Gasteiger partial charge on any atom is 0.343 e. The number of aryl methyl sites for hydroxylation is 1. The van der Waals surface area contributed by atoms with Crippen LogP contribution in [0.3, 0.4) is 0 Å². The molecule has 2 rings (SSSR count). The highest BCUT2D eigenvalue weighted by molar-refractivity contribution is 9.10. The first kappa shape index (κ1) is 15.4. The zero-order valence-corrected chi connectivity index (χ0v) is 13.6. The lowest BCUT2D eigenvalue weighted by Crippen LogP contribution is -2.09. The smallest absolute Gasteiger partial charge is 0.343 e. The second-order valence-electron chi connectivity index (χ2n) is 4.40. The van der Waals surface area contributed by atoms with Crippen LogP contribution in [0, 0.1) is 6.92 Å². The van der Waals surface area contributed by atoms with Crippen LogP contribution >= 0.6 is 15.9 Å². The van der Waals surface area contributed by atoms with Crippen molar-refractivity contribution in [2.45, 2.75) is 6.92 Å². The zero-order chi connectivity index (χ0) is 15.4. The van der Waals surface area contributed by atoms with Crippen LogP contribution in [0.2, 0.25) is 0 Å². The Balaban J connectivity index is 2.28. The molecule has 0 spiro atoms. The number of carbonyl (C=O) groups excluding carboxylic acids is 1. The van der Waals surface area contributed by atoms with E-state index < -0.39 is 5.97 Å². The zero-order valence-electron chi connectivity index (χ0n) is 12.0. The summed E-state index contributed by atoms with van der Waals surface area (Å²) in [6.45, 7) is 1.97. The summed E-state index contributed by atoms with van der Waals surface area (Å²) >= 11 is 3.36. The summed E-state index contributed by atoms with van der Waals surface area (Å²) in [5, 5.41) is 0. The van der Waals surface area contributed by atoms with Gasteiger partial charge in [-0.3, -0.25) is 0 Å². The molecule has 2 aromatic carbocycles. The molecule has 0 aliphatic heterocycles. The first-order valence-corrected chi connectivity index (χ1v) is 7.05. The van der Waals surface area contributed by atoms with Crippen molar-refractivity contribution in [3.8, 4) is 17.2 Å². The lowest BCUT2D eigenvalue weighted by Gasteiger charge is -2.11. The summed E-state index contributed by atoms with van der Waals surface area (Å²) in [7, 11) is 3.04. The molecule has 0 unspecified atom stereocenters. The summed E-state index contributed by atoms with van der Waals surface area (Å²) < 4.78 is 16.4. The van der Waals surface area contributed by atoms with Gasteiger partial charge in [-0.15, -0.1) is 0 Å². The highest BCUT2D eigenvalue weighted by Gasteiger charge is 2.16. The fourth-order valence-electron chi connectivity index (χ4n) is 1.76. The van der Waals surface area contributed by atoms with Crippen LogP contribution in [0.1, 0.15) is 15.9 Å². The van der Waals surface area contributed by atoms with E-state index in [4.69, 9.17) is 14.2 Å². The number of hydrogen-bond donors (Lipinski definition) is 0. The van der Waals surface area contributed by atoms with Gasteiger partial charge >= 0.3 is 5.97 Å². The van der Waals surface area contributed by atoms with E-state index in [0.29, 0.717) is 27.3 Å². The largest absolute Gasteiger partial charge is 0.495 e. The van der Waals surface area contributed by atoms with Crippen LogP contribution in [-0.4, -0.2) is 20.2 Å². The van der Waals surface area contributed by atoms with Gasteiger partial charge in [0, 0.05) is 0 Å². The maximum absolute atomic E-state index is 12.2. The third kappa shape index (κ3) is 3.55. The van der Waals surface area contributed by atoms with Crippen molar-refractivity contribution in [1.82, 2.24) is 0 Å². The average molecular weight is 351 g/mol. The predicted octanol–water partition coefficient (Wildman–Crippen LogP) is 3.99. The van der Waals surface area contributed by atoms with Gasteiger partial charge in [-0.1, -0.05) is 17.7 Å². The van der Waals surface area contributed by atoms with Gasteiger partial charge in [0.05, 0.1) is 19.8 Å². The highest BCUT2D eigenvalue weighted by Crippen LogP contribution is 2.35. The first-order chi connectivity index (χ1) is 10.0. The van der Waals surface area contributed by atoms with Gasteiger partial charge in [0.25, 0.3) is 0 Å². The molecule has 0 bridgehead atoms. The predicted molar refractivity (Wildman–Crippen MR) is 83.4 cm³/mol. The van der Waals surface area contributed by atoms with Gasteiger partial charge in [-0.2, -0.15) is 0 Å². The van der Waals surface area contributed by atoms with Crippen molar-refractivity contribution < 1.29 is 19.0 Å². The second kappa shape index (κ2) is 6.63. The standard InChI is InChI=1S/C16H15BrO4/c1-10-4-6-12(7-5-10)21-16(18)11-8-13(19-2)15(17)14(9-11)20-3/h4-9H,1-3H3. The molecule has 0 saturated carbocycles. The molecule has 4 nitrogen and oxygen atoms in total. The van der Waals surface area contributed by atoms with Crippen molar-refractivity contribution in [2.75, 3.05) is 14.2 Å². The van der Waals surface area contributed by atoms with Crippen LogP contribution in [0.25, 0.3) is 0 Å². The Bertz CT molecular complexity index is 625. The van der Waals surface area contributed by atoms with Crippen LogP contribution < -0.4 is 14.2 Å². The minimum atomic E-state index is -0.469. The Hall–Kier alpha value is -2.01. The van der Waals surface area contributed by atoms with Crippen LogP contribution in [-0.2, 0) is 0 Å². The molecule has 0 saturated heterocycles. The Labute approximate surface area is 131 Å². The molecule has 110 valence electrons. The fraction of sp³-hybridized carbons (Fsp3) is 0.188. The number of esters is 1. The van der Waals surface area contributed by atoms with Crippen molar-refractivity contribution in [2.24, 2.45) is 0 Å². The van der Waals surface area contributed by atoms with E-state index in [9.17, 15) is 4.79 Å². The van der Waals surface area contributed by atoms with Crippen molar-refractivity contribution in [3.05, 3.63) is 52.0 Å². The molecule has 21 heavy (non-hydrogen) atoms. The quantitative estimate of drug-likeness (QED) is 0.617. The molecule has 0 aromatic heterocycles.